The van der Waals surface area contributed by atoms with Gasteiger partial charge in [-0.3, -0.25) is 4.79 Å². The molecular weight excluding hydrogens is 306 g/mol. The van der Waals surface area contributed by atoms with Crippen molar-refractivity contribution in [3.63, 3.8) is 0 Å². The number of ether oxygens (including phenoxy) is 1. The van der Waals surface area contributed by atoms with Crippen LogP contribution in [0.5, 0.6) is 0 Å². The lowest BCUT2D eigenvalue weighted by Gasteiger charge is -2.58. The van der Waals surface area contributed by atoms with Gasteiger partial charge in [-0.1, -0.05) is 46.5 Å². The Balaban J connectivity index is 2.07. The van der Waals surface area contributed by atoms with Crippen LogP contribution in [0, 0.1) is 17.3 Å². The van der Waals surface area contributed by atoms with Crippen molar-refractivity contribution in [3.05, 3.63) is 0 Å². The lowest BCUT2D eigenvalue weighted by Crippen LogP contribution is -2.76. The first-order valence-corrected chi connectivity index (χ1v) is 9.45. The number of carboxylic acid groups (broad SMARTS) is 1. The second-order valence-electron chi connectivity index (χ2n) is 8.06. The fraction of sp³-hybridized carbons (Fsp3) is 0.895. The molecule has 0 bridgehead atoms. The number of carbonyl (C=O) groups excluding carboxylic acids is 1. The van der Waals surface area contributed by atoms with Crippen LogP contribution in [-0.4, -0.2) is 35.2 Å². The summed E-state index contributed by atoms with van der Waals surface area (Å²) in [6.45, 7) is 8.23. The molecule has 1 amide bonds. The Morgan fingerprint density at radius 3 is 2.33 bits per heavy atom. The molecule has 0 radical (unpaired) electrons. The van der Waals surface area contributed by atoms with E-state index in [9.17, 15) is 14.7 Å². The van der Waals surface area contributed by atoms with E-state index in [2.05, 4.69) is 5.32 Å². The monoisotopic (exact) mass is 339 g/mol. The molecule has 2 aliphatic rings. The molecule has 2 rings (SSSR count). The summed E-state index contributed by atoms with van der Waals surface area (Å²) in [4.78, 5) is 24.8. The van der Waals surface area contributed by atoms with Gasteiger partial charge in [0.15, 0.2) is 0 Å². The van der Waals surface area contributed by atoms with Crippen LogP contribution in [0.4, 0.5) is 0 Å². The van der Waals surface area contributed by atoms with E-state index in [0.29, 0.717) is 18.9 Å². The van der Waals surface area contributed by atoms with E-state index in [1.54, 1.807) is 0 Å². The van der Waals surface area contributed by atoms with Crippen LogP contribution >= 0.6 is 0 Å². The largest absolute Gasteiger partial charge is 0.479 e. The molecule has 0 spiro atoms. The predicted octanol–water partition coefficient (Wildman–Crippen LogP) is 3.37. The fourth-order valence-electron chi connectivity index (χ4n) is 4.46. The maximum Gasteiger partial charge on any atom is 0.330 e. The van der Waals surface area contributed by atoms with E-state index in [-0.39, 0.29) is 17.9 Å². The van der Waals surface area contributed by atoms with Crippen LogP contribution in [0.2, 0.25) is 0 Å². The van der Waals surface area contributed by atoms with Gasteiger partial charge in [-0.25, -0.2) is 4.79 Å². The Labute approximate surface area is 145 Å². The SMILES string of the molecule is CCOC1CC(NC(=O)C(CC)CC2CCCC2)(C(=O)O)C1(C)C. The maximum absolute atomic E-state index is 12.8. The molecular formula is C19H33NO4. The highest BCUT2D eigenvalue weighted by Crippen LogP contribution is 2.51. The molecule has 0 aliphatic heterocycles. The highest BCUT2D eigenvalue weighted by atomic mass is 16.5. The van der Waals surface area contributed by atoms with E-state index in [1.807, 2.05) is 27.7 Å². The van der Waals surface area contributed by atoms with Crippen LogP contribution in [0.15, 0.2) is 0 Å². The highest BCUT2D eigenvalue weighted by Gasteiger charge is 2.66. The van der Waals surface area contributed by atoms with Gasteiger partial charge in [0.2, 0.25) is 5.91 Å². The molecule has 0 aromatic carbocycles. The Morgan fingerprint density at radius 1 is 1.25 bits per heavy atom. The number of hydrogen-bond donors (Lipinski definition) is 2. The van der Waals surface area contributed by atoms with E-state index >= 15 is 0 Å². The number of nitrogens with one attached hydrogen (secondary N) is 1. The quantitative estimate of drug-likeness (QED) is 0.711. The van der Waals surface area contributed by atoms with Crippen LogP contribution in [-0.2, 0) is 14.3 Å². The van der Waals surface area contributed by atoms with Crippen molar-refractivity contribution < 1.29 is 19.4 Å². The van der Waals surface area contributed by atoms with Gasteiger partial charge in [-0.15, -0.1) is 0 Å². The third-order valence-corrected chi connectivity index (χ3v) is 6.42. The van der Waals surface area contributed by atoms with E-state index in [1.165, 1.54) is 25.7 Å². The van der Waals surface area contributed by atoms with Crippen molar-refractivity contribution in [3.8, 4) is 0 Å². The van der Waals surface area contributed by atoms with E-state index in [0.717, 1.165) is 12.8 Å². The lowest BCUT2D eigenvalue weighted by atomic mass is 9.54. The van der Waals surface area contributed by atoms with Gasteiger partial charge in [0.1, 0.15) is 5.54 Å². The Hall–Kier alpha value is -1.10. The van der Waals surface area contributed by atoms with Crippen molar-refractivity contribution in [2.24, 2.45) is 17.3 Å². The first kappa shape index (κ1) is 19.2. The highest BCUT2D eigenvalue weighted by molar-refractivity contribution is 5.90. The summed E-state index contributed by atoms with van der Waals surface area (Å²) < 4.78 is 5.66. The summed E-state index contributed by atoms with van der Waals surface area (Å²) in [6, 6.07) is 0. The summed E-state index contributed by atoms with van der Waals surface area (Å²) in [5.41, 5.74) is -1.83. The van der Waals surface area contributed by atoms with Crippen molar-refractivity contribution in [2.45, 2.75) is 84.3 Å². The molecule has 0 aromatic heterocycles. The molecule has 2 saturated carbocycles. The summed E-state index contributed by atoms with van der Waals surface area (Å²) >= 11 is 0. The smallest absolute Gasteiger partial charge is 0.330 e. The minimum Gasteiger partial charge on any atom is -0.479 e. The van der Waals surface area contributed by atoms with Crippen molar-refractivity contribution in [1.29, 1.82) is 0 Å². The van der Waals surface area contributed by atoms with Crippen molar-refractivity contribution in [2.75, 3.05) is 6.61 Å². The summed E-state index contributed by atoms with van der Waals surface area (Å²) in [7, 11) is 0. The second-order valence-corrected chi connectivity index (χ2v) is 8.06. The van der Waals surface area contributed by atoms with Crippen LogP contribution < -0.4 is 5.32 Å². The molecule has 5 heteroatoms. The zero-order chi connectivity index (χ0) is 18.0. The maximum atomic E-state index is 12.8. The first-order chi connectivity index (χ1) is 11.3. The van der Waals surface area contributed by atoms with Crippen molar-refractivity contribution >= 4 is 11.9 Å². The Morgan fingerprint density at radius 2 is 1.88 bits per heavy atom. The lowest BCUT2D eigenvalue weighted by molar-refractivity contribution is -0.195. The van der Waals surface area contributed by atoms with Gasteiger partial charge in [-0.05, 0) is 25.7 Å². The van der Waals surface area contributed by atoms with Crippen LogP contribution in [0.25, 0.3) is 0 Å². The molecule has 3 atom stereocenters. The summed E-state index contributed by atoms with van der Waals surface area (Å²) in [5, 5.41) is 12.7. The molecule has 5 nitrogen and oxygen atoms in total. The molecule has 2 N–H and O–H groups in total. The normalized spacial score (nSPS) is 30.6. The van der Waals surface area contributed by atoms with Crippen LogP contribution in [0.3, 0.4) is 0 Å². The second kappa shape index (κ2) is 7.42. The topological polar surface area (TPSA) is 75.6 Å². The number of carbonyl (C=O) groups is 2. The Kier molecular flexibility index (Phi) is 5.95. The van der Waals surface area contributed by atoms with Gasteiger partial charge in [0, 0.05) is 24.4 Å². The molecule has 2 aliphatic carbocycles. The van der Waals surface area contributed by atoms with Gasteiger partial charge < -0.3 is 15.2 Å². The van der Waals surface area contributed by atoms with E-state index in [4.69, 9.17) is 4.74 Å². The first-order valence-electron chi connectivity index (χ1n) is 9.45. The molecule has 2 fully saturated rings. The van der Waals surface area contributed by atoms with Crippen molar-refractivity contribution in [1.82, 2.24) is 5.32 Å². The van der Waals surface area contributed by atoms with Gasteiger partial charge >= 0.3 is 5.97 Å². The number of carboxylic acids is 1. The Bertz CT molecular complexity index is 470. The van der Waals surface area contributed by atoms with Crippen LogP contribution in [0.1, 0.15) is 72.6 Å². The van der Waals surface area contributed by atoms with Gasteiger partial charge in [0.25, 0.3) is 0 Å². The molecule has 138 valence electrons. The third-order valence-electron chi connectivity index (χ3n) is 6.42. The minimum atomic E-state index is -1.22. The number of aliphatic carboxylic acids is 1. The average Bonchev–Trinajstić information content (AvgIpc) is 3.03. The van der Waals surface area contributed by atoms with Gasteiger partial charge in [-0.2, -0.15) is 0 Å². The molecule has 0 saturated heterocycles. The number of rotatable bonds is 8. The third kappa shape index (κ3) is 3.32. The standard InChI is InChI=1S/C19H33NO4/c1-5-14(11-13-9-7-8-10-13)16(21)20-19(17(22)23)12-15(24-6-2)18(19,3)4/h13-15H,5-12H2,1-4H3,(H,20,21)(H,22,23). The molecule has 0 heterocycles. The average molecular weight is 339 g/mol. The predicted molar refractivity (Wildman–Crippen MR) is 92.7 cm³/mol. The fourth-order valence-corrected chi connectivity index (χ4v) is 4.46. The summed E-state index contributed by atoms with van der Waals surface area (Å²) in [5.74, 6) is -0.527. The minimum absolute atomic E-state index is 0.0914. The van der Waals surface area contributed by atoms with E-state index < -0.39 is 16.9 Å². The zero-order valence-corrected chi connectivity index (χ0v) is 15.6. The number of hydrogen-bond acceptors (Lipinski definition) is 3. The molecule has 24 heavy (non-hydrogen) atoms. The molecule has 3 unspecified atom stereocenters. The molecule has 0 aromatic rings. The number of amides is 1. The van der Waals surface area contributed by atoms with Gasteiger partial charge in [0.05, 0.1) is 6.10 Å². The summed E-state index contributed by atoms with van der Waals surface area (Å²) in [6.07, 6.45) is 6.76. The zero-order valence-electron chi connectivity index (χ0n) is 15.6.